The van der Waals surface area contributed by atoms with Crippen LogP contribution < -0.4 is 0 Å². The molecule has 1 aliphatic carbocycles. The quantitative estimate of drug-likeness (QED) is 0.639. The fraction of sp³-hybridized carbons (Fsp3) is 0.529. The van der Waals surface area contributed by atoms with Gasteiger partial charge in [0.25, 0.3) is 0 Å². The third-order valence-electron chi connectivity index (χ3n) is 3.80. The summed E-state index contributed by atoms with van der Waals surface area (Å²) in [6.07, 6.45) is 4.51. The minimum Gasteiger partial charge on any atom is -0.454 e. The molecule has 0 fully saturated rings. The molecule has 4 heteroatoms. The van der Waals surface area contributed by atoms with Gasteiger partial charge in [0.05, 0.1) is 5.60 Å². The van der Waals surface area contributed by atoms with Gasteiger partial charge in [-0.05, 0) is 36.5 Å². The van der Waals surface area contributed by atoms with Gasteiger partial charge in [-0.3, -0.25) is 9.59 Å². The standard InChI is InChI=1S/C17H24O4/c1-7-17(6,20)9-8-13-11(2)15(19)14(21-12(3)18)10-16(13,4)5/h7-9,14,20H,1,10H2,2-6H3/b9-8+. The fourth-order valence-electron chi connectivity index (χ4n) is 2.51. The minimum atomic E-state index is -1.13. The molecule has 0 saturated heterocycles. The van der Waals surface area contributed by atoms with Crippen LogP contribution in [-0.2, 0) is 14.3 Å². The lowest BCUT2D eigenvalue weighted by Crippen LogP contribution is -2.38. The lowest BCUT2D eigenvalue weighted by Gasteiger charge is -2.36. The van der Waals surface area contributed by atoms with Crippen molar-refractivity contribution < 1.29 is 19.4 Å². The maximum absolute atomic E-state index is 12.3. The first-order chi connectivity index (χ1) is 9.50. The van der Waals surface area contributed by atoms with E-state index >= 15 is 0 Å². The number of ketones is 1. The number of hydrogen-bond donors (Lipinski definition) is 1. The summed E-state index contributed by atoms with van der Waals surface area (Å²) >= 11 is 0. The number of rotatable bonds is 4. The van der Waals surface area contributed by atoms with Crippen LogP contribution in [0.5, 0.6) is 0 Å². The zero-order chi connectivity index (χ0) is 16.4. The molecule has 1 aliphatic rings. The van der Waals surface area contributed by atoms with Crippen LogP contribution in [0.25, 0.3) is 0 Å². The first-order valence-corrected chi connectivity index (χ1v) is 6.98. The van der Waals surface area contributed by atoms with Crippen LogP contribution in [0.15, 0.2) is 36.0 Å². The van der Waals surface area contributed by atoms with E-state index in [-0.39, 0.29) is 11.2 Å². The first-order valence-electron chi connectivity index (χ1n) is 6.98. The zero-order valence-corrected chi connectivity index (χ0v) is 13.4. The molecule has 1 N–H and O–H groups in total. The van der Waals surface area contributed by atoms with Crippen LogP contribution in [0.1, 0.15) is 41.0 Å². The van der Waals surface area contributed by atoms with E-state index in [1.54, 1.807) is 26.0 Å². The predicted octanol–water partition coefficient (Wildman–Crippen LogP) is 2.73. The van der Waals surface area contributed by atoms with E-state index in [9.17, 15) is 14.7 Å². The molecule has 0 saturated carbocycles. The molecule has 2 unspecified atom stereocenters. The molecule has 0 radical (unpaired) electrons. The largest absolute Gasteiger partial charge is 0.454 e. The summed E-state index contributed by atoms with van der Waals surface area (Å²) in [6.45, 7) is 12.2. The van der Waals surface area contributed by atoms with E-state index in [4.69, 9.17) is 4.74 Å². The molecule has 0 aromatic rings. The predicted molar refractivity (Wildman–Crippen MR) is 81.6 cm³/mol. The second kappa shape index (κ2) is 5.98. The number of aliphatic hydroxyl groups is 1. The Bertz CT molecular complexity index is 521. The first kappa shape index (κ1) is 17.4. The van der Waals surface area contributed by atoms with Gasteiger partial charge in [0.2, 0.25) is 0 Å². The Morgan fingerprint density at radius 3 is 2.57 bits per heavy atom. The Morgan fingerprint density at radius 2 is 2.10 bits per heavy atom. The summed E-state index contributed by atoms with van der Waals surface area (Å²) in [5, 5.41) is 9.97. The summed E-state index contributed by atoms with van der Waals surface area (Å²) in [7, 11) is 0. The number of carbonyl (C=O) groups is 2. The molecule has 116 valence electrons. The van der Waals surface area contributed by atoms with Crippen molar-refractivity contribution in [3.8, 4) is 0 Å². The van der Waals surface area contributed by atoms with E-state index in [0.29, 0.717) is 12.0 Å². The summed E-state index contributed by atoms with van der Waals surface area (Å²) in [4.78, 5) is 23.4. The van der Waals surface area contributed by atoms with Gasteiger partial charge in [0.1, 0.15) is 0 Å². The number of allylic oxidation sites excluding steroid dienone is 2. The monoisotopic (exact) mass is 292 g/mol. The highest BCUT2D eigenvalue weighted by Gasteiger charge is 2.39. The van der Waals surface area contributed by atoms with Crippen molar-refractivity contribution in [2.45, 2.75) is 52.7 Å². The molecule has 0 spiro atoms. The topological polar surface area (TPSA) is 63.6 Å². The molecule has 0 bridgehead atoms. The molecular weight excluding hydrogens is 268 g/mol. The Morgan fingerprint density at radius 1 is 1.52 bits per heavy atom. The van der Waals surface area contributed by atoms with Gasteiger partial charge in [0.15, 0.2) is 11.9 Å². The number of carbonyl (C=O) groups excluding carboxylic acids is 2. The lowest BCUT2D eigenvalue weighted by atomic mass is 9.70. The number of ether oxygens (including phenoxy) is 1. The van der Waals surface area contributed by atoms with Crippen molar-refractivity contribution in [2.75, 3.05) is 0 Å². The van der Waals surface area contributed by atoms with Crippen molar-refractivity contribution >= 4 is 11.8 Å². The third-order valence-corrected chi connectivity index (χ3v) is 3.80. The molecule has 2 atom stereocenters. The van der Waals surface area contributed by atoms with Crippen molar-refractivity contribution in [1.29, 1.82) is 0 Å². The summed E-state index contributed by atoms with van der Waals surface area (Å²) < 4.78 is 5.11. The Balaban J connectivity index is 3.18. The Labute approximate surface area is 126 Å². The van der Waals surface area contributed by atoms with Crippen molar-refractivity contribution in [3.63, 3.8) is 0 Å². The molecule has 1 rings (SSSR count). The molecule has 4 nitrogen and oxygen atoms in total. The van der Waals surface area contributed by atoms with Crippen molar-refractivity contribution in [1.82, 2.24) is 0 Å². The number of esters is 1. The van der Waals surface area contributed by atoms with Crippen molar-refractivity contribution in [3.05, 3.63) is 36.0 Å². The van der Waals surface area contributed by atoms with E-state index in [1.165, 1.54) is 13.0 Å². The summed E-state index contributed by atoms with van der Waals surface area (Å²) in [5.41, 5.74) is -0.0444. The molecule has 21 heavy (non-hydrogen) atoms. The third kappa shape index (κ3) is 4.14. The van der Waals surface area contributed by atoms with E-state index in [1.807, 2.05) is 13.8 Å². The molecular formula is C17H24O4. The molecule has 0 heterocycles. The number of Topliss-reactive ketones (excluding diaryl/α,β-unsaturated/α-hetero) is 1. The maximum atomic E-state index is 12.3. The Hall–Kier alpha value is -1.68. The van der Waals surface area contributed by atoms with Gasteiger partial charge >= 0.3 is 5.97 Å². The molecule has 0 amide bonds. The highest BCUT2D eigenvalue weighted by atomic mass is 16.5. The van der Waals surface area contributed by atoms with Crippen LogP contribution in [0.2, 0.25) is 0 Å². The van der Waals surface area contributed by atoms with Crippen molar-refractivity contribution in [2.24, 2.45) is 5.41 Å². The van der Waals surface area contributed by atoms with Crippen LogP contribution in [0, 0.1) is 5.41 Å². The smallest absolute Gasteiger partial charge is 0.303 e. The SMILES string of the molecule is C=CC(C)(O)/C=C/C1=C(C)C(=O)C(OC(C)=O)CC1(C)C. The average molecular weight is 292 g/mol. The minimum absolute atomic E-state index is 0.178. The van der Waals surface area contributed by atoms with Crippen LogP contribution in [0.4, 0.5) is 0 Å². The summed E-state index contributed by atoms with van der Waals surface area (Å²) in [5.74, 6) is -0.632. The van der Waals surface area contributed by atoms with Crippen LogP contribution >= 0.6 is 0 Å². The Kier molecular flexibility index (Phi) is 4.95. The second-order valence-electron chi connectivity index (χ2n) is 6.35. The second-order valence-corrected chi connectivity index (χ2v) is 6.35. The van der Waals surface area contributed by atoms with Crippen LogP contribution in [0.3, 0.4) is 0 Å². The lowest BCUT2D eigenvalue weighted by molar-refractivity contribution is -0.153. The highest BCUT2D eigenvalue weighted by molar-refractivity contribution is 6.01. The van der Waals surface area contributed by atoms with Gasteiger partial charge in [-0.15, -0.1) is 0 Å². The highest BCUT2D eigenvalue weighted by Crippen LogP contribution is 2.40. The zero-order valence-electron chi connectivity index (χ0n) is 13.4. The normalized spacial score (nSPS) is 24.9. The van der Waals surface area contributed by atoms with E-state index in [0.717, 1.165) is 5.57 Å². The van der Waals surface area contributed by atoms with E-state index < -0.39 is 17.7 Å². The number of hydrogen-bond acceptors (Lipinski definition) is 4. The average Bonchev–Trinajstić information content (AvgIpc) is 2.34. The van der Waals surface area contributed by atoms with Gasteiger partial charge in [-0.2, -0.15) is 0 Å². The van der Waals surface area contributed by atoms with Crippen LogP contribution in [-0.4, -0.2) is 28.6 Å². The van der Waals surface area contributed by atoms with Gasteiger partial charge in [0, 0.05) is 13.3 Å². The van der Waals surface area contributed by atoms with Gasteiger partial charge < -0.3 is 9.84 Å². The molecule has 0 aromatic carbocycles. The molecule has 0 aliphatic heterocycles. The molecule has 0 aromatic heterocycles. The van der Waals surface area contributed by atoms with Gasteiger partial charge in [-0.25, -0.2) is 0 Å². The van der Waals surface area contributed by atoms with E-state index in [2.05, 4.69) is 6.58 Å². The maximum Gasteiger partial charge on any atom is 0.303 e. The summed E-state index contributed by atoms with van der Waals surface area (Å²) in [6, 6.07) is 0. The van der Waals surface area contributed by atoms with Gasteiger partial charge in [-0.1, -0.05) is 32.6 Å². The fourth-order valence-corrected chi connectivity index (χ4v) is 2.51.